The Morgan fingerprint density at radius 2 is 1.81 bits per heavy atom. The Morgan fingerprint density at radius 3 is 2.53 bits per heavy atom. The minimum atomic E-state index is 0.0573. The third-order valence-corrected chi connectivity index (χ3v) is 7.52. The van der Waals surface area contributed by atoms with E-state index in [1.54, 1.807) is 7.11 Å². The van der Waals surface area contributed by atoms with Crippen molar-refractivity contribution in [2.45, 2.75) is 65.2 Å². The molecule has 0 aliphatic heterocycles. The average Bonchev–Trinajstić information content (AvgIpc) is 2.94. The number of Topliss-reactive ketones (excluding diaryl/α,β-unsaturated/α-hetero) is 1. The first kappa shape index (κ1) is 22.6. The molecule has 1 unspecified atom stereocenters. The number of anilines is 1. The van der Waals surface area contributed by atoms with E-state index < -0.39 is 0 Å². The number of benzene rings is 2. The van der Waals surface area contributed by atoms with E-state index >= 15 is 0 Å². The van der Waals surface area contributed by atoms with Crippen LogP contribution in [0.1, 0.15) is 72.0 Å². The Balaban J connectivity index is 1.31. The van der Waals surface area contributed by atoms with Crippen LogP contribution in [0.3, 0.4) is 0 Å². The van der Waals surface area contributed by atoms with Crippen LogP contribution >= 0.6 is 0 Å². The fraction of sp³-hybridized carbons (Fsp3) is 0.500. The molecule has 0 saturated heterocycles. The zero-order valence-corrected chi connectivity index (χ0v) is 19.6. The molecule has 0 aromatic heterocycles. The lowest BCUT2D eigenvalue weighted by Crippen LogP contribution is -2.28. The molecule has 4 heteroatoms. The summed E-state index contributed by atoms with van der Waals surface area (Å²) in [5, 5.41) is 3.08. The number of methoxy groups -OCH3 is 1. The second-order valence-corrected chi connectivity index (χ2v) is 9.68. The van der Waals surface area contributed by atoms with Crippen molar-refractivity contribution < 1.29 is 14.3 Å². The van der Waals surface area contributed by atoms with Crippen LogP contribution in [-0.4, -0.2) is 18.8 Å². The standard InChI is InChI=1S/C28H35NO3/c1-18-6-4-9-25-24(18)8-5-7-22(27(25)30)17-20-10-12-21(13-11-20)28(31)29-23-14-15-26(32-3)19(2)16-23/h4,6,9,14-16,20-22H,5,7-8,10-13,17H2,1-3H3,(H,29,31). The highest BCUT2D eigenvalue weighted by molar-refractivity contribution is 5.99. The van der Waals surface area contributed by atoms with Crippen molar-refractivity contribution in [2.75, 3.05) is 12.4 Å². The summed E-state index contributed by atoms with van der Waals surface area (Å²) in [6.07, 6.45) is 7.94. The van der Waals surface area contributed by atoms with Gasteiger partial charge in [-0.05, 0) is 106 Å². The van der Waals surface area contributed by atoms with Crippen molar-refractivity contribution in [1.82, 2.24) is 0 Å². The number of fused-ring (bicyclic) bond motifs is 1. The van der Waals surface area contributed by atoms with Crippen LogP contribution in [0.25, 0.3) is 0 Å². The average molecular weight is 434 g/mol. The van der Waals surface area contributed by atoms with E-state index in [1.165, 1.54) is 11.1 Å². The molecule has 1 fully saturated rings. The van der Waals surface area contributed by atoms with Crippen LogP contribution in [0.15, 0.2) is 36.4 Å². The number of hydrogen-bond donors (Lipinski definition) is 1. The number of nitrogens with one attached hydrogen (secondary N) is 1. The molecular formula is C28H35NO3. The van der Waals surface area contributed by atoms with Crippen LogP contribution in [0.5, 0.6) is 5.75 Å². The van der Waals surface area contributed by atoms with Gasteiger partial charge in [0, 0.05) is 23.1 Å². The molecule has 0 spiro atoms. The van der Waals surface area contributed by atoms with E-state index in [-0.39, 0.29) is 17.7 Å². The molecule has 0 radical (unpaired) electrons. The Bertz CT molecular complexity index is 988. The van der Waals surface area contributed by atoms with Crippen LogP contribution in [0, 0.1) is 31.6 Å². The van der Waals surface area contributed by atoms with E-state index in [0.29, 0.717) is 11.7 Å². The first-order valence-electron chi connectivity index (χ1n) is 12.0. The second kappa shape index (κ2) is 9.89. The maximum absolute atomic E-state index is 13.2. The lowest BCUT2D eigenvalue weighted by molar-refractivity contribution is -0.121. The third-order valence-electron chi connectivity index (χ3n) is 7.52. The predicted octanol–water partition coefficient (Wildman–Crippen LogP) is 6.28. The van der Waals surface area contributed by atoms with Crippen LogP contribution in [-0.2, 0) is 11.2 Å². The number of carbonyl (C=O) groups excluding carboxylic acids is 2. The Labute approximate surface area is 191 Å². The zero-order valence-electron chi connectivity index (χ0n) is 19.6. The Hall–Kier alpha value is -2.62. The molecular weight excluding hydrogens is 398 g/mol. The van der Waals surface area contributed by atoms with Crippen molar-refractivity contribution in [3.63, 3.8) is 0 Å². The zero-order chi connectivity index (χ0) is 22.7. The summed E-state index contributed by atoms with van der Waals surface area (Å²) < 4.78 is 5.30. The molecule has 1 atom stereocenters. The molecule has 170 valence electrons. The van der Waals surface area contributed by atoms with E-state index in [4.69, 9.17) is 4.74 Å². The lowest BCUT2D eigenvalue weighted by Gasteiger charge is -2.30. The topological polar surface area (TPSA) is 55.4 Å². The maximum Gasteiger partial charge on any atom is 0.227 e. The molecule has 2 aromatic rings. The molecule has 4 nitrogen and oxygen atoms in total. The lowest BCUT2D eigenvalue weighted by atomic mass is 9.76. The maximum atomic E-state index is 13.2. The van der Waals surface area contributed by atoms with Gasteiger partial charge in [0.1, 0.15) is 5.75 Å². The normalized spacial score (nSPS) is 23.2. The van der Waals surface area contributed by atoms with Gasteiger partial charge in [-0.1, -0.05) is 18.2 Å². The van der Waals surface area contributed by atoms with E-state index in [2.05, 4.69) is 18.3 Å². The molecule has 0 heterocycles. The quantitative estimate of drug-likeness (QED) is 0.564. The van der Waals surface area contributed by atoms with Gasteiger partial charge in [-0.3, -0.25) is 9.59 Å². The summed E-state index contributed by atoms with van der Waals surface area (Å²) in [5.41, 5.74) is 5.30. The molecule has 4 rings (SSSR count). The minimum absolute atomic E-state index is 0.0573. The van der Waals surface area contributed by atoms with E-state index in [1.807, 2.05) is 37.3 Å². The van der Waals surface area contributed by atoms with Crippen molar-refractivity contribution in [3.8, 4) is 5.75 Å². The molecule has 2 aromatic carbocycles. The molecule has 2 aliphatic rings. The highest BCUT2D eigenvalue weighted by atomic mass is 16.5. The monoisotopic (exact) mass is 433 g/mol. The van der Waals surface area contributed by atoms with Gasteiger partial charge in [-0.2, -0.15) is 0 Å². The van der Waals surface area contributed by atoms with Gasteiger partial charge >= 0.3 is 0 Å². The minimum Gasteiger partial charge on any atom is -0.496 e. The van der Waals surface area contributed by atoms with Gasteiger partial charge in [0.25, 0.3) is 0 Å². The van der Waals surface area contributed by atoms with Crippen molar-refractivity contribution in [2.24, 2.45) is 17.8 Å². The first-order valence-corrected chi connectivity index (χ1v) is 12.0. The number of rotatable bonds is 5. The van der Waals surface area contributed by atoms with Gasteiger partial charge in [0.05, 0.1) is 7.11 Å². The number of aryl methyl sites for hydroxylation is 2. The first-order chi connectivity index (χ1) is 15.5. The molecule has 1 saturated carbocycles. The van der Waals surface area contributed by atoms with Crippen LogP contribution < -0.4 is 10.1 Å². The van der Waals surface area contributed by atoms with Crippen molar-refractivity contribution >= 4 is 17.4 Å². The molecule has 0 bridgehead atoms. The fourth-order valence-electron chi connectivity index (χ4n) is 5.63. The highest BCUT2D eigenvalue weighted by Crippen LogP contribution is 2.37. The molecule has 2 aliphatic carbocycles. The predicted molar refractivity (Wildman–Crippen MR) is 128 cm³/mol. The largest absolute Gasteiger partial charge is 0.496 e. The third kappa shape index (κ3) is 4.90. The number of carbonyl (C=O) groups is 2. The summed E-state index contributed by atoms with van der Waals surface area (Å²) in [4.78, 5) is 26.0. The van der Waals surface area contributed by atoms with Gasteiger partial charge in [-0.25, -0.2) is 0 Å². The van der Waals surface area contributed by atoms with Crippen molar-refractivity contribution in [1.29, 1.82) is 0 Å². The van der Waals surface area contributed by atoms with Gasteiger partial charge < -0.3 is 10.1 Å². The number of hydrogen-bond acceptors (Lipinski definition) is 3. The summed E-state index contributed by atoms with van der Waals surface area (Å²) in [6, 6.07) is 11.9. The van der Waals surface area contributed by atoms with E-state index in [0.717, 1.165) is 73.9 Å². The second-order valence-electron chi connectivity index (χ2n) is 9.68. The Morgan fingerprint density at radius 1 is 1.03 bits per heavy atom. The van der Waals surface area contributed by atoms with Crippen LogP contribution in [0.2, 0.25) is 0 Å². The molecule has 1 amide bonds. The fourth-order valence-corrected chi connectivity index (χ4v) is 5.63. The summed E-state index contributed by atoms with van der Waals surface area (Å²) >= 11 is 0. The summed E-state index contributed by atoms with van der Waals surface area (Å²) in [5.74, 6) is 2.02. The number of ketones is 1. The summed E-state index contributed by atoms with van der Waals surface area (Å²) in [6.45, 7) is 4.10. The van der Waals surface area contributed by atoms with Gasteiger partial charge in [-0.15, -0.1) is 0 Å². The van der Waals surface area contributed by atoms with Crippen molar-refractivity contribution in [3.05, 3.63) is 58.7 Å². The Kier molecular flexibility index (Phi) is 6.98. The highest BCUT2D eigenvalue weighted by Gasteiger charge is 2.32. The summed E-state index contributed by atoms with van der Waals surface area (Å²) in [7, 11) is 1.65. The smallest absolute Gasteiger partial charge is 0.227 e. The van der Waals surface area contributed by atoms with Crippen LogP contribution in [0.4, 0.5) is 5.69 Å². The number of ether oxygens (including phenoxy) is 1. The molecule has 1 N–H and O–H groups in total. The SMILES string of the molecule is COc1ccc(NC(=O)C2CCC(CC3CCCc4c(C)cccc4C3=O)CC2)cc1C. The van der Waals surface area contributed by atoms with Gasteiger partial charge in [0.15, 0.2) is 5.78 Å². The van der Waals surface area contributed by atoms with Gasteiger partial charge in [0.2, 0.25) is 5.91 Å². The van der Waals surface area contributed by atoms with E-state index in [9.17, 15) is 9.59 Å². The number of amides is 1. The molecule has 32 heavy (non-hydrogen) atoms.